The van der Waals surface area contributed by atoms with Crippen molar-refractivity contribution in [3.8, 4) is 0 Å². The van der Waals surface area contributed by atoms with Gasteiger partial charge in [-0.2, -0.15) is 0 Å². The van der Waals surface area contributed by atoms with Crippen LogP contribution in [0.4, 0.5) is 0 Å². The van der Waals surface area contributed by atoms with E-state index >= 15 is 0 Å². The van der Waals surface area contributed by atoms with Crippen LogP contribution in [0.3, 0.4) is 0 Å². The minimum atomic E-state index is -0.811. The van der Waals surface area contributed by atoms with E-state index in [0.29, 0.717) is 30.4 Å². The van der Waals surface area contributed by atoms with E-state index in [4.69, 9.17) is 11.6 Å². The van der Waals surface area contributed by atoms with Crippen LogP contribution in [0.25, 0.3) is 0 Å². The molecule has 1 aromatic heterocycles. The molecule has 0 aromatic carbocycles. The molecule has 1 aromatic rings. The van der Waals surface area contributed by atoms with Crippen molar-refractivity contribution < 1.29 is 9.00 Å². The van der Waals surface area contributed by atoms with Crippen molar-refractivity contribution in [2.75, 3.05) is 24.6 Å². The van der Waals surface area contributed by atoms with Gasteiger partial charge in [-0.1, -0.05) is 25.4 Å². The van der Waals surface area contributed by atoms with E-state index < -0.39 is 10.8 Å². The van der Waals surface area contributed by atoms with Crippen molar-refractivity contribution in [2.24, 2.45) is 0 Å². The summed E-state index contributed by atoms with van der Waals surface area (Å²) < 4.78 is 11.3. The number of carbonyl (C=O) groups is 1. The average Bonchev–Trinajstić information content (AvgIpc) is 2.39. The summed E-state index contributed by atoms with van der Waals surface area (Å²) in [7, 11) is -0.811. The average molecular weight is 302 g/mol. The summed E-state index contributed by atoms with van der Waals surface area (Å²) in [6.45, 7) is 4.90. The number of halogens is 1. The molecule has 19 heavy (non-hydrogen) atoms. The fourth-order valence-electron chi connectivity index (χ4n) is 1.80. The zero-order chi connectivity index (χ0) is 14.0. The first kappa shape index (κ1) is 14.4. The first-order valence-electron chi connectivity index (χ1n) is 6.15. The summed E-state index contributed by atoms with van der Waals surface area (Å²) in [5.74, 6) is 1.58. The molecule has 1 aliphatic heterocycles. The summed E-state index contributed by atoms with van der Waals surface area (Å²) in [4.78, 5) is 22.4. The molecule has 0 bridgehead atoms. The van der Waals surface area contributed by atoms with Crippen LogP contribution in [-0.2, 0) is 10.8 Å². The van der Waals surface area contributed by atoms with Crippen LogP contribution < -0.4 is 0 Å². The highest BCUT2D eigenvalue weighted by Gasteiger charge is 2.24. The van der Waals surface area contributed by atoms with Crippen molar-refractivity contribution in [1.82, 2.24) is 14.9 Å². The van der Waals surface area contributed by atoms with Crippen molar-refractivity contribution in [3.63, 3.8) is 0 Å². The smallest absolute Gasteiger partial charge is 0.274 e. The van der Waals surface area contributed by atoms with Crippen molar-refractivity contribution in [1.29, 1.82) is 0 Å². The van der Waals surface area contributed by atoms with Gasteiger partial charge in [0.15, 0.2) is 5.69 Å². The van der Waals surface area contributed by atoms with Gasteiger partial charge in [0.1, 0.15) is 5.82 Å². The van der Waals surface area contributed by atoms with Gasteiger partial charge in [0, 0.05) is 41.3 Å². The molecule has 0 radical (unpaired) electrons. The third-order valence-corrected chi connectivity index (χ3v) is 4.50. The maximum absolute atomic E-state index is 12.4. The number of hydrogen-bond acceptors (Lipinski definition) is 4. The van der Waals surface area contributed by atoms with Crippen LogP contribution in [0.1, 0.15) is 36.1 Å². The summed E-state index contributed by atoms with van der Waals surface area (Å²) in [6, 6.07) is 0. The fourth-order valence-corrected chi connectivity index (χ4v) is 3.02. The maximum atomic E-state index is 12.4. The summed E-state index contributed by atoms with van der Waals surface area (Å²) in [5.41, 5.74) is 0.244. The van der Waals surface area contributed by atoms with E-state index in [1.54, 1.807) is 4.90 Å². The number of aromatic nitrogens is 2. The Morgan fingerprint density at radius 1 is 1.42 bits per heavy atom. The van der Waals surface area contributed by atoms with Gasteiger partial charge in [-0.15, -0.1) is 0 Å². The number of amides is 1. The second kappa shape index (κ2) is 5.96. The maximum Gasteiger partial charge on any atom is 0.274 e. The molecule has 104 valence electrons. The number of hydrogen-bond donors (Lipinski definition) is 0. The van der Waals surface area contributed by atoms with E-state index in [1.165, 1.54) is 6.20 Å². The van der Waals surface area contributed by atoms with Crippen LogP contribution in [0.2, 0.25) is 5.02 Å². The molecule has 0 N–H and O–H groups in total. The van der Waals surface area contributed by atoms with E-state index in [0.717, 1.165) is 0 Å². The van der Waals surface area contributed by atoms with Gasteiger partial charge in [0.25, 0.3) is 5.91 Å². The number of nitrogens with zero attached hydrogens (tertiary/aromatic N) is 3. The molecule has 1 fully saturated rings. The van der Waals surface area contributed by atoms with Crippen LogP contribution in [0, 0.1) is 0 Å². The Labute approximate surface area is 119 Å². The summed E-state index contributed by atoms with van der Waals surface area (Å²) in [5, 5.41) is 0.265. The van der Waals surface area contributed by atoms with Crippen molar-refractivity contribution >= 4 is 28.3 Å². The van der Waals surface area contributed by atoms with E-state index in [2.05, 4.69) is 9.97 Å². The Morgan fingerprint density at radius 2 is 2.05 bits per heavy atom. The standard InChI is InChI=1S/C12H16ClN3O2S/c1-8(2)11-14-7-9(13)10(15-11)12(17)16-3-5-19(18)6-4-16/h7-8H,3-6H2,1-2H3. The second-order valence-corrected chi connectivity index (χ2v) is 6.82. The largest absolute Gasteiger partial charge is 0.335 e. The Morgan fingerprint density at radius 3 is 2.63 bits per heavy atom. The predicted octanol–water partition coefficient (Wildman–Crippen LogP) is 1.46. The summed E-state index contributed by atoms with van der Waals surface area (Å²) >= 11 is 6.01. The minimum Gasteiger partial charge on any atom is -0.335 e. The molecular formula is C12H16ClN3O2S. The normalized spacial score (nSPS) is 16.9. The quantitative estimate of drug-likeness (QED) is 0.829. The molecule has 0 aliphatic carbocycles. The molecule has 0 unspecified atom stereocenters. The third-order valence-electron chi connectivity index (χ3n) is 2.95. The van der Waals surface area contributed by atoms with E-state index in [1.807, 2.05) is 13.8 Å². The zero-order valence-corrected chi connectivity index (χ0v) is 12.5. The van der Waals surface area contributed by atoms with Crippen LogP contribution in [-0.4, -0.2) is 49.6 Å². The second-order valence-electron chi connectivity index (χ2n) is 4.72. The highest BCUT2D eigenvalue weighted by Crippen LogP contribution is 2.18. The van der Waals surface area contributed by atoms with Gasteiger partial charge in [0.05, 0.1) is 11.2 Å². The predicted molar refractivity (Wildman–Crippen MR) is 74.9 cm³/mol. The van der Waals surface area contributed by atoms with Gasteiger partial charge < -0.3 is 4.90 Å². The van der Waals surface area contributed by atoms with Crippen molar-refractivity contribution in [3.05, 3.63) is 22.7 Å². The molecule has 0 atom stereocenters. The van der Waals surface area contributed by atoms with Gasteiger partial charge in [0.2, 0.25) is 0 Å². The Kier molecular flexibility index (Phi) is 4.52. The van der Waals surface area contributed by atoms with Gasteiger partial charge >= 0.3 is 0 Å². The Bertz CT molecular complexity index is 512. The molecular weight excluding hydrogens is 286 g/mol. The SMILES string of the molecule is CC(C)c1ncc(Cl)c(C(=O)N2CCS(=O)CC2)n1. The fraction of sp³-hybridized carbons (Fsp3) is 0.583. The molecule has 7 heteroatoms. The van der Waals surface area contributed by atoms with Gasteiger partial charge in [-0.05, 0) is 0 Å². The van der Waals surface area contributed by atoms with Crippen molar-refractivity contribution in [2.45, 2.75) is 19.8 Å². The zero-order valence-electron chi connectivity index (χ0n) is 10.9. The molecule has 2 rings (SSSR count). The van der Waals surface area contributed by atoms with Crippen LogP contribution in [0.5, 0.6) is 0 Å². The molecule has 5 nitrogen and oxygen atoms in total. The molecule has 0 saturated carbocycles. The Hall–Kier alpha value is -1.01. The third kappa shape index (κ3) is 3.30. The van der Waals surface area contributed by atoms with Gasteiger partial charge in [-0.25, -0.2) is 9.97 Å². The lowest BCUT2D eigenvalue weighted by molar-refractivity contribution is 0.0765. The lowest BCUT2D eigenvalue weighted by Gasteiger charge is -2.26. The van der Waals surface area contributed by atoms with E-state index in [-0.39, 0.29) is 22.5 Å². The molecule has 2 heterocycles. The monoisotopic (exact) mass is 301 g/mol. The number of rotatable bonds is 2. The molecule has 1 aliphatic rings. The first-order valence-corrected chi connectivity index (χ1v) is 8.02. The molecule has 0 spiro atoms. The minimum absolute atomic E-state index is 0.137. The highest BCUT2D eigenvalue weighted by atomic mass is 35.5. The molecule has 1 saturated heterocycles. The Balaban J connectivity index is 2.23. The van der Waals surface area contributed by atoms with E-state index in [9.17, 15) is 9.00 Å². The molecule has 1 amide bonds. The first-order chi connectivity index (χ1) is 8.99. The highest BCUT2D eigenvalue weighted by molar-refractivity contribution is 7.85. The lowest BCUT2D eigenvalue weighted by atomic mass is 10.2. The lowest BCUT2D eigenvalue weighted by Crippen LogP contribution is -2.42. The van der Waals surface area contributed by atoms with Crippen LogP contribution in [0.15, 0.2) is 6.20 Å². The van der Waals surface area contributed by atoms with Gasteiger partial charge in [-0.3, -0.25) is 9.00 Å². The topological polar surface area (TPSA) is 63.2 Å². The summed E-state index contributed by atoms with van der Waals surface area (Å²) in [6.07, 6.45) is 1.47. The number of carbonyl (C=O) groups excluding carboxylic acids is 1. The van der Waals surface area contributed by atoms with Crippen LogP contribution >= 0.6 is 11.6 Å².